The third-order valence-electron chi connectivity index (χ3n) is 6.01. The molecule has 1 amide bonds. The first-order chi connectivity index (χ1) is 16.9. The van der Waals surface area contributed by atoms with Crippen LogP contribution in [0.5, 0.6) is 5.88 Å². The number of amides is 1. The van der Waals surface area contributed by atoms with E-state index in [0.29, 0.717) is 34.2 Å². The van der Waals surface area contributed by atoms with Gasteiger partial charge >= 0.3 is 0 Å². The van der Waals surface area contributed by atoms with E-state index in [1.807, 2.05) is 12.1 Å². The Bertz CT molecular complexity index is 1280. The van der Waals surface area contributed by atoms with Crippen LogP contribution in [0.4, 0.5) is 16.4 Å². The number of nitrogens with one attached hydrogen (secondary N) is 3. The quantitative estimate of drug-likeness (QED) is 0.152. The molecule has 0 saturated carbocycles. The number of hydrogen-bond donors (Lipinski definition) is 4. The number of alkyl halides is 1. The standard InChI is InChI=1S/C24H23Cl2N5O3S/c25-15-6-7-18-14(9-15)11-19(26)31(18)24(33)13-3-1-4-16(10-13)29-23-20(22(32)30-35-23)21(27)28-12-17-5-2-8-34-17/h1,3-4,6-7,9-10,17,19,29H,2,5,8,11-12H2,(H2,27,28)(H,30,32). The van der Waals surface area contributed by atoms with Gasteiger partial charge in [-0.2, -0.15) is 4.37 Å². The molecule has 3 heterocycles. The molecule has 2 aromatic carbocycles. The molecule has 3 aromatic rings. The van der Waals surface area contributed by atoms with Gasteiger partial charge in [-0.1, -0.05) is 29.3 Å². The number of carbonyl (C=O) groups excluding carboxylic acids is 1. The normalized spacial score (nSPS) is 19.0. The van der Waals surface area contributed by atoms with Crippen LogP contribution in [0.2, 0.25) is 5.02 Å². The van der Waals surface area contributed by atoms with Crippen molar-refractivity contribution in [3.05, 3.63) is 64.2 Å². The summed E-state index contributed by atoms with van der Waals surface area (Å²) >= 11 is 13.7. The number of aromatic nitrogens is 1. The van der Waals surface area contributed by atoms with Gasteiger partial charge in [-0.05, 0) is 66.3 Å². The minimum atomic E-state index is -0.506. The van der Waals surface area contributed by atoms with Crippen LogP contribution in [0.15, 0.2) is 42.5 Å². The average Bonchev–Trinajstić information content (AvgIpc) is 3.56. The first kappa shape index (κ1) is 23.9. The van der Waals surface area contributed by atoms with Crippen molar-refractivity contribution in [2.45, 2.75) is 30.9 Å². The van der Waals surface area contributed by atoms with E-state index in [1.165, 1.54) is 0 Å². The molecule has 4 N–H and O–H groups in total. The molecule has 0 aliphatic carbocycles. The maximum Gasteiger partial charge on any atom is 0.259 e. The molecule has 35 heavy (non-hydrogen) atoms. The Kier molecular flexibility index (Phi) is 6.84. The van der Waals surface area contributed by atoms with Gasteiger partial charge < -0.3 is 20.5 Å². The zero-order chi connectivity index (χ0) is 24.5. The van der Waals surface area contributed by atoms with Crippen LogP contribution >= 0.6 is 34.7 Å². The molecular weight excluding hydrogens is 509 g/mol. The molecular formula is C24H23Cl2N5O3S. The Morgan fingerprint density at radius 2 is 2.17 bits per heavy atom. The molecule has 0 spiro atoms. The predicted octanol–water partition coefficient (Wildman–Crippen LogP) is 5.11. The summed E-state index contributed by atoms with van der Waals surface area (Å²) in [6.07, 6.45) is 2.53. The van der Waals surface area contributed by atoms with E-state index in [1.54, 1.807) is 35.2 Å². The molecule has 0 bridgehead atoms. The van der Waals surface area contributed by atoms with E-state index in [2.05, 4.69) is 15.0 Å². The lowest BCUT2D eigenvalue weighted by Gasteiger charge is -2.21. The van der Waals surface area contributed by atoms with E-state index >= 15 is 0 Å². The Morgan fingerprint density at radius 1 is 1.31 bits per heavy atom. The highest BCUT2D eigenvalue weighted by Crippen LogP contribution is 2.37. The van der Waals surface area contributed by atoms with Crippen molar-refractivity contribution in [3.8, 4) is 5.88 Å². The Balaban J connectivity index is 1.33. The van der Waals surface area contributed by atoms with Crippen molar-refractivity contribution < 1.29 is 14.6 Å². The monoisotopic (exact) mass is 531 g/mol. The molecule has 1 saturated heterocycles. The SMILES string of the molecule is N=C(NCC1CCCO1)c1c(O)nsc1Nc1cccc(C(=O)N2c3ccc(Cl)cc3CC2Cl)c1. The van der Waals surface area contributed by atoms with Crippen molar-refractivity contribution in [2.24, 2.45) is 0 Å². The lowest BCUT2D eigenvalue weighted by atomic mass is 10.1. The van der Waals surface area contributed by atoms with Gasteiger partial charge in [0.15, 0.2) is 0 Å². The highest BCUT2D eigenvalue weighted by molar-refractivity contribution is 7.11. The summed E-state index contributed by atoms with van der Waals surface area (Å²) in [4.78, 5) is 14.9. The van der Waals surface area contributed by atoms with Gasteiger partial charge in [-0.15, -0.1) is 0 Å². The van der Waals surface area contributed by atoms with Gasteiger partial charge in [0.1, 0.15) is 21.9 Å². The van der Waals surface area contributed by atoms with E-state index in [4.69, 9.17) is 33.3 Å². The third-order valence-corrected chi connectivity index (χ3v) is 7.35. The minimum absolute atomic E-state index is 0.0544. The molecule has 182 valence electrons. The van der Waals surface area contributed by atoms with Crippen LogP contribution in [0, 0.1) is 5.41 Å². The van der Waals surface area contributed by atoms with Gasteiger partial charge in [0.25, 0.3) is 5.91 Å². The van der Waals surface area contributed by atoms with E-state index in [0.717, 1.165) is 42.2 Å². The molecule has 0 radical (unpaired) electrons. The van der Waals surface area contributed by atoms with E-state index in [-0.39, 0.29) is 29.3 Å². The second-order valence-corrected chi connectivity index (χ2v) is 10.1. The topological polar surface area (TPSA) is 111 Å². The number of nitrogens with zero attached hydrogens (tertiary/aromatic N) is 2. The van der Waals surface area contributed by atoms with E-state index in [9.17, 15) is 9.90 Å². The lowest BCUT2D eigenvalue weighted by Crippen LogP contribution is -2.34. The van der Waals surface area contributed by atoms with Crippen LogP contribution in [-0.4, -0.2) is 46.0 Å². The number of carbonyl (C=O) groups is 1. The maximum atomic E-state index is 13.4. The van der Waals surface area contributed by atoms with Crippen molar-refractivity contribution >= 4 is 62.9 Å². The van der Waals surface area contributed by atoms with Crippen LogP contribution in [0.25, 0.3) is 0 Å². The molecule has 8 nitrogen and oxygen atoms in total. The molecule has 2 atom stereocenters. The van der Waals surface area contributed by atoms with Gasteiger partial charge in [0.05, 0.1) is 6.10 Å². The van der Waals surface area contributed by atoms with Crippen molar-refractivity contribution in [3.63, 3.8) is 0 Å². The summed E-state index contributed by atoms with van der Waals surface area (Å²) in [6.45, 7) is 1.22. The summed E-state index contributed by atoms with van der Waals surface area (Å²) in [6, 6.07) is 12.4. The molecule has 2 unspecified atom stereocenters. The van der Waals surface area contributed by atoms with Crippen LogP contribution in [0.1, 0.15) is 34.3 Å². The Labute approximate surface area is 216 Å². The van der Waals surface area contributed by atoms with Crippen molar-refractivity contribution in [2.75, 3.05) is 23.4 Å². The van der Waals surface area contributed by atoms with Gasteiger partial charge in [0, 0.05) is 41.5 Å². The molecule has 2 aliphatic heterocycles. The first-order valence-electron chi connectivity index (χ1n) is 11.2. The number of amidine groups is 1. The van der Waals surface area contributed by atoms with E-state index < -0.39 is 5.50 Å². The highest BCUT2D eigenvalue weighted by atomic mass is 35.5. The second kappa shape index (κ2) is 10.0. The second-order valence-electron chi connectivity index (χ2n) is 8.39. The number of aromatic hydroxyl groups is 1. The predicted molar refractivity (Wildman–Crippen MR) is 139 cm³/mol. The summed E-state index contributed by atoms with van der Waals surface area (Å²) in [5.41, 5.74) is 2.51. The number of hydrogen-bond acceptors (Lipinski definition) is 7. The minimum Gasteiger partial charge on any atom is -0.492 e. The van der Waals surface area contributed by atoms with Crippen LogP contribution < -0.4 is 15.5 Å². The fourth-order valence-corrected chi connectivity index (χ4v) is 5.59. The highest BCUT2D eigenvalue weighted by Gasteiger charge is 2.33. The summed E-state index contributed by atoms with van der Waals surface area (Å²) in [5.74, 6) is -0.404. The van der Waals surface area contributed by atoms with Crippen molar-refractivity contribution in [1.29, 1.82) is 5.41 Å². The fraction of sp³-hybridized carbons (Fsp3) is 0.292. The summed E-state index contributed by atoms with van der Waals surface area (Å²) in [5, 5.41) is 26.0. The number of fused-ring (bicyclic) bond motifs is 1. The van der Waals surface area contributed by atoms with Crippen LogP contribution in [0.3, 0.4) is 0 Å². The van der Waals surface area contributed by atoms with Crippen LogP contribution in [-0.2, 0) is 11.2 Å². The molecule has 11 heteroatoms. The zero-order valence-electron chi connectivity index (χ0n) is 18.6. The largest absolute Gasteiger partial charge is 0.492 e. The molecule has 1 aromatic heterocycles. The zero-order valence-corrected chi connectivity index (χ0v) is 20.9. The molecule has 5 rings (SSSR count). The summed E-state index contributed by atoms with van der Waals surface area (Å²) < 4.78 is 9.58. The molecule has 1 fully saturated rings. The number of rotatable bonds is 6. The average molecular weight is 532 g/mol. The third kappa shape index (κ3) is 4.95. The summed E-state index contributed by atoms with van der Waals surface area (Å²) in [7, 11) is 0. The number of halogens is 2. The van der Waals surface area contributed by atoms with Crippen molar-refractivity contribution in [1.82, 2.24) is 9.69 Å². The van der Waals surface area contributed by atoms with Gasteiger partial charge in [0.2, 0.25) is 5.88 Å². The smallest absolute Gasteiger partial charge is 0.259 e. The first-order valence-corrected chi connectivity index (χ1v) is 12.8. The van der Waals surface area contributed by atoms with Gasteiger partial charge in [-0.25, -0.2) is 0 Å². The fourth-order valence-electron chi connectivity index (χ4n) is 4.32. The number of ether oxygens (including phenoxy) is 1. The Morgan fingerprint density at radius 3 is 2.97 bits per heavy atom. The lowest BCUT2D eigenvalue weighted by molar-refractivity contribution is 0.0986. The maximum absolute atomic E-state index is 13.4. The number of benzene rings is 2. The Hall–Kier alpha value is -2.85. The molecule has 2 aliphatic rings. The number of anilines is 3. The van der Waals surface area contributed by atoms with Gasteiger partial charge in [-0.3, -0.25) is 15.1 Å².